The van der Waals surface area contributed by atoms with Gasteiger partial charge in [-0.25, -0.2) is 13.2 Å². The maximum absolute atomic E-state index is 15.9. The second-order valence-electron chi connectivity index (χ2n) is 36.5. The summed E-state index contributed by atoms with van der Waals surface area (Å²) in [5, 5.41) is 43.4. The van der Waals surface area contributed by atoms with Gasteiger partial charge in [-0.2, -0.15) is 0 Å². The van der Waals surface area contributed by atoms with E-state index in [0.717, 1.165) is 9.80 Å². The number of halogens is 3. The monoisotopic (exact) mass is 1910 g/mol. The molecule has 0 spiro atoms. The Hall–Kier alpha value is -13.4. The predicted molar refractivity (Wildman–Crippen MR) is 505 cm³/mol. The lowest BCUT2D eigenvalue weighted by Gasteiger charge is -2.38. The normalized spacial score (nSPS) is 24.3. The third-order valence-electron chi connectivity index (χ3n) is 25.5. The van der Waals surface area contributed by atoms with Gasteiger partial charge >= 0.3 is 0 Å². The highest BCUT2D eigenvalue weighted by Gasteiger charge is 2.49. The topological polar surface area (TPSA) is 480 Å². The minimum atomic E-state index is -1.84. The third kappa shape index (κ3) is 27.5. The number of aromatic hydroxyl groups is 2. The number of phenolic OH excluding ortho intramolecular Hbond substituents is 2. The number of rotatable bonds is 22. The standard InChI is InChI=1S/C99H124F3N17O17S/c1-9-10-13-28-78-97(134)118-40-21-30-79(118)98(135)119-53-64(103)50-81(119)93(130)113-86(57(4)5)99(136)115(7)80(47-58-22-14-11-15-23-58)92(129)111-75(45-61-33-37-66(121)38-34-61)95(132)117-39-20-29-77(117)91(128)110-73(49-63-51-105-70-27-19-18-26-67(63)70)90(127)109-72(44-60-31-35-65(120)36-32-60)89(126)108-71(41-56(2)3)88(125)112-76(87(124)106-52-83(104)122)54-137-55-84(123)107-74(46-62-42-68(100)85(102)69(101)43-62)94(131)116(8)82(96(133)114(78)6)48-59-24-16-12-17-25-59/h11-12,14-19,22-27,31-38,42-43,51,56-57,64,71-82,86,105,120-121H,9-10,13,20-21,28-30,39-41,44-50,52-55,103H2,1-8H3,(H2,104,122)(H,106,124)(H,107,123)(H,108,126)(H,109,127)(H,110,128)(H,111,129)(H,112,125)(H,113,130)/t64-,71+,72+,73+,74+,75+,76+,77-,78+,79-,80+,81+,82+,86+/m1/s1. The number of carbonyl (C=O) groups is 15. The molecule has 0 saturated carbocycles. The summed E-state index contributed by atoms with van der Waals surface area (Å²) in [5.74, 6) is -20.7. The van der Waals surface area contributed by atoms with Crippen molar-refractivity contribution < 1.29 is 95.3 Å². The van der Waals surface area contributed by atoms with E-state index in [-0.39, 0.29) is 107 Å². The number of aromatic nitrogens is 1. The second-order valence-corrected chi connectivity index (χ2v) is 37.5. The molecule has 0 aliphatic carbocycles. The molecule has 0 unspecified atom stereocenters. The number of benzene rings is 6. The van der Waals surface area contributed by atoms with Crippen LogP contribution < -0.4 is 54.0 Å². The summed E-state index contributed by atoms with van der Waals surface area (Å²) in [4.78, 5) is 239. The molecular formula is C99H124F3N17O17S. The molecule has 6 aromatic carbocycles. The average Bonchev–Trinajstić information content (AvgIpc) is 1.67. The molecule has 4 aliphatic rings. The number of phenols is 2. The van der Waals surface area contributed by atoms with Crippen LogP contribution in [0.15, 0.2) is 152 Å². The van der Waals surface area contributed by atoms with E-state index >= 15 is 66.3 Å². The Balaban J connectivity index is 0.989. The van der Waals surface area contributed by atoms with Crippen molar-refractivity contribution in [1.29, 1.82) is 0 Å². The Kier molecular flexibility index (Phi) is 36.8. The van der Waals surface area contributed by atoms with Gasteiger partial charge in [0.15, 0.2) is 17.5 Å². The summed E-state index contributed by atoms with van der Waals surface area (Å²) in [6.45, 7) is 7.75. The van der Waals surface area contributed by atoms with Gasteiger partial charge in [0, 0.05) is 108 Å². The number of aromatic amines is 1. The average molecular weight is 1910 g/mol. The SMILES string of the molecule is CCCCC[C@H]1C(=O)N2CCC[C@@H]2C(=O)N2C[C@H](N)C[C@H]2C(=O)N[C@@H](C(C)C)C(=O)N(C)[C@@H](Cc2ccccc2)C(=O)N[C@@H](Cc2ccc(O)cc2)C(=O)N2CCC[C@@H]2C(=O)N[C@@H](Cc2c[nH]c3ccccc23)C(=O)N[C@@H](Cc2ccc(O)cc2)C(=O)N[C@@H](CC(C)C)C(=O)N[C@H](C(=O)NCC(N)=O)CSCC(=O)N[C@@H](Cc2cc(F)c(F)c(F)c2)C(=O)N(C)[C@@H](Cc2ccccc2)C(=O)N1C. The van der Waals surface area contributed by atoms with Gasteiger partial charge in [0.2, 0.25) is 88.6 Å². The van der Waals surface area contributed by atoms with E-state index in [1.807, 2.05) is 6.92 Å². The molecule has 38 heteroatoms. The van der Waals surface area contributed by atoms with Crippen LogP contribution in [0, 0.1) is 29.3 Å². The van der Waals surface area contributed by atoms with Gasteiger partial charge in [-0.15, -0.1) is 11.8 Å². The molecule has 0 bridgehead atoms. The number of para-hydroxylation sites is 1. The van der Waals surface area contributed by atoms with Gasteiger partial charge in [0.05, 0.1) is 12.3 Å². The number of hydrogen-bond acceptors (Lipinski definition) is 19. The fourth-order valence-electron chi connectivity index (χ4n) is 18.1. The van der Waals surface area contributed by atoms with Crippen molar-refractivity contribution >= 4 is 111 Å². The van der Waals surface area contributed by atoms with Crippen molar-refractivity contribution in [1.82, 2.24) is 76.9 Å². The molecule has 7 aromatic rings. The summed E-state index contributed by atoms with van der Waals surface area (Å²) < 4.78 is 45.3. The number of fused-ring (bicyclic) bond motifs is 4. The maximum atomic E-state index is 15.9. The first-order chi connectivity index (χ1) is 65.4. The molecule has 734 valence electrons. The summed E-state index contributed by atoms with van der Waals surface area (Å²) in [7, 11) is 3.99. The molecule has 34 nitrogen and oxygen atoms in total. The van der Waals surface area contributed by atoms with E-state index in [9.17, 15) is 29.0 Å². The second kappa shape index (κ2) is 48.4. The predicted octanol–water partition coefficient (Wildman–Crippen LogP) is 4.17. The number of nitrogens with zero attached hydrogens (tertiary/aromatic N) is 6. The molecule has 15 N–H and O–H groups in total. The van der Waals surface area contributed by atoms with E-state index < -0.39 is 227 Å². The van der Waals surface area contributed by atoms with Crippen LogP contribution in [0.1, 0.15) is 132 Å². The number of H-pyrrole nitrogens is 1. The molecule has 15 amide bonds. The Labute approximate surface area is 797 Å². The first-order valence-corrected chi connectivity index (χ1v) is 47.6. The highest BCUT2D eigenvalue weighted by atomic mass is 32.2. The van der Waals surface area contributed by atoms with Gasteiger partial charge in [0.1, 0.15) is 90.0 Å². The van der Waals surface area contributed by atoms with E-state index in [0.29, 0.717) is 88.3 Å². The number of thioether (sulfide) groups is 1. The number of amides is 15. The van der Waals surface area contributed by atoms with Crippen molar-refractivity contribution in [3.05, 3.63) is 203 Å². The quantitative estimate of drug-likeness (QED) is 0.0334. The zero-order valence-corrected chi connectivity index (χ0v) is 78.9. The fraction of sp³-hybridized carbons (Fsp3) is 0.465. The Bertz CT molecular complexity index is 5470. The smallest absolute Gasteiger partial charge is 0.246 e. The molecule has 1 aromatic heterocycles. The van der Waals surface area contributed by atoms with E-state index in [1.54, 1.807) is 131 Å². The zero-order chi connectivity index (χ0) is 99.2. The Morgan fingerprint density at radius 1 is 0.496 bits per heavy atom. The highest BCUT2D eigenvalue weighted by molar-refractivity contribution is 8.00. The number of primary amides is 1. The summed E-state index contributed by atoms with van der Waals surface area (Å²) in [6, 6.07) is 16.7. The van der Waals surface area contributed by atoms with E-state index in [1.165, 1.54) is 77.1 Å². The van der Waals surface area contributed by atoms with Crippen LogP contribution in [0.3, 0.4) is 0 Å². The van der Waals surface area contributed by atoms with Crippen molar-refractivity contribution in [2.24, 2.45) is 23.3 Å². The molecule has 0 radical (unpaired) electrons. The van der Waals surface area contributed by atoms with Crippen molar-refractivity contribution in [3.8, 4) is 11.5 Å². The van der Waals surface area contributed by atoms with Gasteiger partial charge in [-0.05, 0) is 133 Å². The largest absolute Gasteiger partial charge is 0.508 e. The maximum Gasteiger partial charge on any atom is 0.246 e. The first kappa shape index (κ1) is 104. The lowest BCUT2D eigenvalue weighted by atomic mass is 9.98. The van der Waals surface area contributed by atoms with Gasteiger partial charge in [-0.1, -0.05) is 157 Å². The minimum absolute atomic E-state index is 0.0143. The van der Waals surface area contributed by atoms with Crippen molar-refractivity contribution in [2.45, 2.75) is 222 Å². The summed E-state index contributed by atoms with van der Waals surface area (Å²) >= 11 is 0.701. The van der Waals surface area contributed by atoms with Crippen LogP contribution in [0.2, 0.25) is 0 Å². The molecular weight excluding hydrogens is 1790 g/mol. The molecule has 4 fully saturated rings. The van der Waals surface area contributed by atoms with Crippen LogP contribution in [-0.2, 0) is 110 Å². The van der Waals surface area contributed by atoms with Crippen LogP contribution in [0.5, 0.6) is 11.5 Å². The molecule has 4 saturated heterocycles. The Morgan fingerprint density at radius 2 is 1.00 bits per heavy atom. The van der Waals surface area contributed by atoms with E-state index in [4.69, 9.17) is 11.5 Å². The van der Waals surface area contributed by atoms with Gasteiger partial charge < -0.3 is 98.6 Å². The number of hydrogen-bond donors (Lipinski definition) is 13. The molecule has 14 atom stereocenters. The number of carbonyl (C=O) groups excluding carboxylic acids is 15. The number of nitrogens with two attached hydrogens (primary N) is 2. The Morgan fingerprint density at radius 3 is 1.60 bits per heavy atom. The summed E-state index contributed by atoms with van der Waals surface area (Å²) in [5.41, 5.74) is 14.9. The van der Waals surface area contributed by atoms with Crippen molar-refractivity contribution in [3.63, 3.8) is 0 Å². The number of likely N-dealkylation sites (N-methyl/N-ethyl adjacent to an activating group) is 3. The zero-order valence-electron chi connectivity index (χ0n) is 78.1. The molecule has 5 heterocycles. The van der Waals surface area contributed by atoms with Crippen molar-refractivity contribution in [2.75, 3.05) is 58.8 Å². The molecule has 137 heavy (non-hydrogen) atoms. The van der Waals surface area contributed by atoms with E-state index in [2.05, 4.69) is 47.5 Å². The van der Waals surface area contributed by atoms with Crippen LogP contribution in [0.25, 0.3) is 10.9 Å². The number of unbranched alkanes of at least 4 members (excludes halogenated alkanes) is 2. The lowest BCUT2D eigenvalue weighted by Crippen LogP contribution is -2.62. The van der Waals surface area contributed by atoms with Gasteiger partial charge in [-0.3, -0.25) is 71.9 Å². The third-order valence-corrected chi connectivity index (χ3v) is 26.6. The van der Waals surface area contributed by atoms with Crippen LogP contribution >= 0.6 is 11.8 Å². The number of nitrogens with one attached hydrogen (secondary N) is 9. The summed E-state index contributed by atoms with van der Waals surface area (Å²) in [6.07, 6.45) is 1.77. The van der Waals surface area contributed by atoms with Crippen LogP contribution in [0.4, 0.5) is 13.2 Å². The highest BCUT2D eigenvalue weighted by Crippen LogP contribution is 2.31. The molecule has 4 aliphatic heterocycles. The van der Waals surface area contributed by atoms with Crippen LogP contribution in [-0.4, -0.2) is 277 Å². The van der Waals surface area contributed by atoms with Gasteiger partial charge in [0.25, 0.3) is 0 Å². The first-order valence-electron chi connectivity index (χ1n) is 46.4. The lowest BCUT2D eigenvalue weighted by molar-refractivity contribution is -0.154. The minimum Gasteiger partial charge on any atom is -0.508 e. The fourth-order valence-corrected chi connectivity index (χ4v) is 18.9. The molecule has 11 rings (SSSR count).